The van der Waals surface area contributed by atoms with Crippen LogP contribution in [-0.2, 0) is 0 Å². The van der Waals surface area contributed by atoms with Gasteiger partial charge in [0.2, 0.25) is 0 Å². The standard InChI is InChI=1S/C50H32N6/c1-3-12-33(13-4-1)34-22-24-36(25-23-34)48-54-49(56-50(55-48)47-21-11-20-44(53-47)35-14-5-2-6-15-35)39-31-37(40-26-28-51-45-18-9-7-16-42(40)45)30-38(32-39)41-27-29-52-46-19-10-8-17-43(41)46/h1-32H. The molecule has 0 aliphatic heterocycles. The number of aromatic nitrogens is 6. The first-order valence-corrected chi connectivity index (χ1v) is 18.5. The minimum atomic E-state index is 0.491. The molecule has 0 amide bonds. The molecule has 0 spiro atoms. The normalized spacial score (nSPS) is 11.2. The van der Waals surface area contributed by atoms with Gasteiger partial charge >= 0.3 is 0 Å². The number of nitrogens with zero attached hydrogens (tertiary/aromatic N) is 6. The van der Waals surface area contributed by atoms with Crippen molar-refractivity contribution in [3.8, 4) is 78.9 Å². The van der Waals surface area contributed by atoms with Crippen molar-refractivity contribution in [3.05, 3.63) is 194 Å². The summed E-state index contributed by atoms with van der Waals surface area (Å²) in [5, 5.41) is 2.13. The van der Waals surface area contributed by atoms with E-state index >= 15 is 0 Å². The molecule has 0 saturated heterocycles. The first-order chi connectivity index (χ1) is 27.7. The van der Waals surface area contributed by atoms with Crippen molar-refractivity contribution in [2.24, 2.45) is 0 Å². The average molecular weight is 717 g/mol. The van der Waals surface area contributed by atoms with E-state index in [1.807, 2.05) is 79.1 Å². The quantitative estimate of drug-likeness (QED) is 0.163. The number of fused-ring (bicyclic) bond motifs is 2. The van der Waals surface area contributed by atoms with Crippen LogP contribution in [-0.4, -0.2) is 29.9 Å². The van der Waals surface area contributed by atoms with E-state index in [0.29, 0.717) is 23.2 Å². The van der Waals surface area contributed by atoms with E-state index in [4.69, 9.17) is 19.9 Å². The summed E-state index contributed by atoms with van der Waals surface area (Å²) in [4.78, 5) is 29.9. The molecule has 0 N–H and O–H groups in total. The molecule has 0 aliphatic carbocycles. The molecule has 4 aromatic heterocycles. The Morgan fingerprint density at radius 1 is 0.268 bits per heavy atom. The number of hydrogen-bond donors (Lipinski definition) is 0. The highest BCUT2D eigenvalue weighted by Gasteiger charge is 2.18. The zero-order valence-corrected chi connectivity index (χ0v) is 30.2. The first-order valence-electron chi connectivity index (χ1n) is 18.5. The van der Waals surface area contributed by atoms with Crippen LogP contribution in [0.15, 0.2) is 194 Å². The fourth-order valence-electron chi connectivity index (χ4n) is 7.28. The molecule has 0 fully saturated rings. The Morgan fingerprint density at radius 3 is 1.36 bits per heavy atom. The molecule has 6 nitrogen and oxygen atoms in total. The van der Waals surface area contributed by atoms with Gasteiger partial charge in [0.1, 0.15) is 5.69 Å². The van der Waals surface area contributed by atoms with E-state index in [0.717, 1.165) is 77.6 Å². The van der Waals surface area contributed by atoms with Crippen molar-refractivity contribution in [1.82, 2.24) is 29.9 Å². The summed E-state index contributed by atoms with van der Waals surface area (Å²) in [6, 6.07) is 62.1. The number of para-hydroxylation sites is 2. The summed E-state index contributed by atoms with van der Waals surface area (Å²) < 4.78 is 0. The van der Waals surface area contributed by atoms with Gasteiger partial charge < -0.3 is 0 Å². The van der Waals surface area contributed by atoms with Gasteiger partial charge in [-0.05, 0) is 88.0 Å². The molecule has 0 bridgehead atoms. The monoisotopic (exact) mass is 716 g/mol. The maximum absolute atomic E-state index is 5.20. The highest BCUT2D eigenvalue weighted by atomic mass is 15.0. The summed E-state index contributed by atoms with van der Waals surface area (Å²) in [7, 11) is 0. The zero-order chi connectivity index (χ0) is 37.3. The van der Waals surface area contributed by atoms with Crippen LogP contribution in [0.2, 0.25) is 0 Å². The van der Waals surface area contributed by atoms with Gasteiger partial charge in [-0.1, -0.05) is 127 Å². The van der Waals surface area contributed by atoms with Gasteiger partial charge in [-0.15, -0.1) is 0 Å². The lowest BCUT2D eigenvalue weighted by molar-refractivity contribution is 1.06. The summed E-state index contributed by atoms with van der Waals surface area (Å²) in [5.74, 6) is 1.60. The van der Waals surface area contributed by atoms with Crippen LogP contribution in [0.25, 0.3) is 101 Å². The largest absolute Gasteiger partial charge is 0.256 e. The molecule has 10 rings (SSSR count). The van der Waals surface area contributed by atoms with Crippen LogP contribution in [0.3, 0.4) is 0 Å². The summed E-state index contributed by atoms with van der Waals surface area (Å²) in [5.41, 5.74) is 12.6. The van der Waals surface area contributed by atoms with Crippen molar-refractivity contribution in [3.63, 3.8) is 0 Å². The van der Waals surface area contributed by atoms with E-state index in [-0.39, 0.29) is 0 Å². The molecular weight excluding hydrogens is 685 g/mol. The smallest absolute Gasteiger partial charge is 0.182 e. The molecule has 4 heterocycles. The Kier molecular flexibility index (Phi) is 8.39. The lowest BCUT2D eigenvalue weighted by atomic mass is 9.93. The van der Waals surface area contributed by atoms with Crippen molar-refractivity contribution in [1.29, 1.82) is 0 Å². The molecular formula is C50H32N6. The summed E-state index contributed by atoms with van der Waals surface area (Å²) in [6.07, 6.45) is 3.74. The first kappa shape index (κ1) is 32.9. The molecule has 0 radical (unpaired) electrons. The second-order valence-corrected chi connectivity index (χ2v) is 13.6. The third-order valence-electron chi connectivity index (χ3n) is 10.0. The highest BCUT2D eigenvalue weighted by Crippen LogP contribution is 2.37. The van der Waals surface area contributed by atoms with E-state index in [1.54, 1.807) is 0 Å². The lowest BCUT2D eigenvalue weighted by Gasteiger charge is -2.14. The number of rotatable bonds is 7. The summed E-state index contributed by atoms with van der Waals surface area (Å²) >= 11 is 0. The SMILES string of the molecule is c1ccc(-c2ccc(-c3nc(-c4cc(-c5ccnc6ccccc56)cc(-c5ccnc6ccccc56)c4)nc(-c4cccc(-c5ccccc5)n4)n3)cc2)cc1. The second-order valence-electron chi connectivity index (χ2n) is 13.6. The highest BCUT2D eigenvalue weighted by molar-refractivity contribution is 5.99. The predicted molar refractivity (Wildman–Crippen MR) is 226 cm³/mol. The van der Waals surface area contributed by atoms with Crippen LogP contribution in [0.4, 0.5) is 0 Å². The van der Waals surface area contributed by atoms with Crippen LogP contribution in [0.1, 0.15) is 0 Å². The fraction of sp³-hybridized carbons (Fsp3) is 0. The Labute approximate surface area is 324 Å². The minimum absolute atomic E-state index is 0.491. The van der Waals surface area contributed by atoms with Gasteiger partial charge in [-0.3, -0.25) is 9.97 Å². The average Bonchev–Trinajstić information content (AvgIpc) is 3.29. The van der Waals surface area contributed by atoms with E-state index < -0.39 is 0 Å². The van der Waals surface area contributed by atoms with Crippen LogP contribution < -0.4 is 0 Å². The molecule has 10 aromatic rings. The lowest BCUT2D eigenvalue weighted by Crippen LogP contribution is -2.02. The molecule has 6 aromatic carbocycles. The van der Waals surface area contributed by atoms with Crippen molar-refractivity contribution >= 4 is 21.8 Å². The number of pyridine rings is 3. The Balaban J connectivity index is 1.20. The molecule has 0 saturated carbocycles. The second kappa shape index (κ2) is 14.3. The van der Waals surface area contributed by atoms with Crippen molar-refractivity contribution < 1.29 is 0 Å². The van der Waals surface area contributed by atoms with Crippen LogP contribution >= 0.6 is 0 Å². The zero-order valence-electron chi connectivity index (χ0n) is 30.2. The maximum atomic E-state index is 5.20. The molecule has 56 heavy (non-hydrogen) atoms. The van der Waals surface area contributed by atoms with Crippen LogP contribution in [0, 0.1) is 0 Å². The van der Waals surface area contributed by atoms with E-state index in [2.05, 4.69) is 125 Å². The van der Waals surface area contributed by atoms with Gasteiger partial charge in [0, 0.05) is 39.9 Å². The summed E-state index contributed by atoms with van der Waals surface area (Å²) in [6.45, 7) is 0. The Bertz CT molecular complexity index is 2910. The van der Waals surface area contributed by atoms with Crippen molar-refractivity contribution in [2.75, 3.05) is 0 Å². The maximum Gasteiger partial charge on any atom is 0.182 e. The molecule has 0 atom stereocenters. The van der Waals surface area contributed by atoms with Gasteiger partial charge in [0.25, 0.3) is 0 Å². The van der Waals surface area contributed by atoms with Gasteiger partial charge in [-0.25, -0.2) is 19.9 Å². The molecule has 6 heteroatoms. The molecule has 0 aliphatic rings. The van der Waals surface area contributed by atoms with Crippen molar-refractivity contribution in [2.45, 2.75) is 0 Å². The van der Waals surface area contributed by atoms with Gasteiger partial charge in [0.15, 0.2) is 17.5 Å². The molecule has 0 unspecified atom stereocenters. The Morgan fingerprint density at radius 2 is 0.732 bits per heavy atom. The van der Waals surface area contributed by atoms with Gasteiger partial charge in [0.05, 0.1) is 16.7 Å². The number of benzene rings is 6. The predicted octanol–water partition coefficient (Wildman–Crippen LogP) is 12.0. The minimum Gasteiger partial charge on any atom is -0.256 e. The van der Waals surface area contributed by atoms with Gasteiger partial charge in [-0.2, -0.15) is 0 Å². The third kappa shape index (κ3) is 6.35. The third-order valence-corrected chi connectivity index (χ3v) is 10.0. The van der Waals surface area contributed by atoms with E-state index in [1.165, 1.54) is 0 Å². The Hall–Kier alpha value is -7.70. The fourth-order valence-corrected chi connectivity index (χ4v) is 7.28. The van der Waals surface area contributed by atoms with Crippen LogP contribution in [0.5, 0.6) is 0 Å². The molecule has 262 valence electrons. The topological polar surface area (TPSA) is 77.3 Å². The van der Waals surface area contributed by atoms with E-state index in [9.17, 15) is 0 Å². The number of hydrogen-bond acceptors (Lipinski definition) is 6.